The Balaban J connectivity index is 1.97. The third-order valence-electron chi connectivity index (χ3n) is 4.01. The van der Waals surface area contributed by atoms with Gasteiger partial charge in [0.05, 0.1) is 22.7 Å². The highest BCUT2D eigenvalue weighted by Crippen LogP contribution is 2.26. The number of amides is 1. The first-order valence-electron chi connectivity index (χ1n) is 8.01. The van der Waals surface area contributed by atoms with Gasteiger partial charge in [-0.05, 0) is 44.9 Å². The van der Waals surface area contributed by atoms with Gasteiger partial charge in [-0.2, -0.15) is 0 Å². The molecule has 0 aromatic carbocycles. The van der Waals surface area contributed by atoms with Gasteiger partial charge < -0.3 is 14.3 Å². The molecule has 1 atom stereocenters. The highest BCUT2D eigenvalue weighted by molar-refractivity contribution is 6.06. The van der Waals surface area contributed by atoms with E-state index in [1.165, 1.54) is 0 Å². The Kier molecular flexibility index (Phi) is 4.13. The number of hydrogen-bond donors (Lipinski definition) is 1. The molecule has 1 amide bonds. The molecule has 0 aliphatic carbocycles. The molecule has 126 valence electrons. The van der Waals surface area contributed by atoms with Crippen LogP contribution in [0.1, 0.15) is 66.0 Å². The van der Waals surface area contributed by atoms with Crippen molar-refractivity contribution in [2.24, 2.45) is 0 Å². The van der Waals surface area contributed by atoms with Gasteiger partial charge in [-0.15, -0.1) is 0 Å². The van der Waals surface area contributed by atoms with Crippen molar-refractivity contribution in [3.8, 4) is 0 Å². The van der Waals surface area contributed by atoms with Crippen LogP contribution in [0.2, 0.25) is 0 Å². The topological polar surface area (TPSA) is 81.2 Å². The average molecular weight is 327 g/mol. The van der Waals surface area contributed by atoms with E-state index in [-0.39, 0.29) is 17.9 Å². The quantitative estimate of drug-likeness (QED) is 0.782. The van der Waals surface area contributed by atoms with Crippen LogP contribution in [0.25, 0.3) is 11.1 Å². The molecule has 0 fully saturated rings. The van der Waals surface area contributed by atoms with Crippen LogP contribution in [0.3, 0.4) is 0 Å². The molecule has 24 heavy (non-hydrogen) atoms. The number of pyridine rings is 1. The average Bonchev–Trinajstić information content (AvgIpc) is 3.13. The molecule has 6 nitrogen and oxygen atoms in total. The zero-order chi connectivity index (χ0) is 17.4. The number of aromatic nitrogens is 2. The molecular formula is C18H21N3O3. The first kappa shape index (κ1) is 16.2. The Bertz CT molecular complexity index is 892. The highest BCUT2D eigenvalue weighted by atomic mass is 16.5. The number of carbonyl (C=O) groups excluding carboxylic acids is 1. The minimum absolute atomic E-state index is 0.177. The predicted molar refractivity (Wildman–Crippen MR) is 90.0 cm³/mol. The molecule has 0 aliphatic heterocycles. The molecule has 0 aliphatic rings. The van der Waals surface area contributed by atoms with Gasteiger partial charge in [0.2, 0.25) is 0 Å². The Morgan fingerprint density at radius 1 is 1.21 bits per heavy atom. The summed E-state index contributed by atoms with van der Waals surface area (Å²) in [5.41, 5.74) is 2.37. The Labute approximate surface area is 140 Å². The molecular weight excluding hydrogens is 306 g/mol. The molecule has 3 heterocycles. The molecule has 3 aromatic rings. The fourth-order valence-electron chi connectivity index (χ4n) is 2.62. The third kappa shape index (κ3) is 2.91. The van der Waals surface area contributed by atoms with E-state index < -0.39 is 0 Å². The zero-order valence-electron chi connectivity index (χ0n) is 14.5. The van der Waals surface area contributed by atoms with Gasteiger partial charge in [0, 0.05) is 5.69 Å². The van der Waals surface area contributed by atoms with Gasteiger partial charge >= 0.3 is 0 Å². The second kappa shape index (κ2) is 6.11. The van der Waals surface area contributed by atoms with Crippen LogP contribution in [0.4, 0.5) is 0 Å². The highest BCUT2D eigenvalue weighted by Gasteiger charge is 2.21. The number of aryl methyl sites for hydroxylation is 2. The van der Waals surface area contributed by atoms with Crippen LogP contribution < -0.4 is 5.32 Å². The maximum absolute atomic E-state index is 12.8. The summed E-state index contributed by atoms with van der Waals surface area (Å²) in [5, 5.41) is 7.57. The van der Waals surface area contributed by atoms with E-state index >= 15 is 0 Å². The zero-order valence-corrected chi connectivity index (χ0v) is 14.5. The van der Waals surface area contributed by atoms with Crippen molar-refractivity contribution in [2.45, 2.75) is 46.6 Å². The van der Waals surface area contributed by atoms with Gasteiger partial charge in [0.25, 0.3) is 11.6 Å². The van der Waals surface area contributed by atoms with E-state index in [4.69, 9.17) is 8.94 Å². The van der Waals surface area contributed by atoms with E-state index in [1.807, 2.05) is 45.9 Å². The molecule has 0 spiro atoms. The summed E-state index contributed by atoms with van der Waals surface area (Å²) in [7, 11) is 0. The normalized spacial score (nSPS) is 12.8. The minimum Gasteiger partial charge on any atom is -0.464 e. The van der Waals surface area contributed by atoms with Gasteiger partial charge in [-0.1, -0.05) is 19.0 Å². The predicted octanol–water partition coefficient (Wildman–Crippen LogP) is 4.05. The second-order valence-corrected chi connectivity index (χ2v) is 6.34. The largest absolute Gasteiger partial charge is 0.464 e. The van der Waals surface area contributed by atoms with E-state index in [2.05, 4.69) is 15.5 Å². The number of carbonyl (C=O) groups is 1. The summed E-state index contributed by atoms with van der Waals surface area (Å²) < 4.78 is 10.8. The summed E-state index contributed by atoms with van der Waals surface area (Å²) in [6.07, 6.45) is 0. The van der Waals surface area contributed by atoms with E-state index in [9.17, 15) is 4.79 Å². The molecule has 0 saturated carbocycles. The minimum atomic E-state index is -0.239. The first-order valence-corrected chi connectivity index (χ1v) is 8.01. The van der Waals surface area contributed by atoms with Crippen molar-refractivity contribution < 1.29 is 13.7 Å². The molecule has 6 heteroatoms. The van der Waals surface area contributed by atoms with Crippen LogP contribution in [0.15, 0.2) is 27.1 Å². The summed E-state index contributed by atoms with van der Waals surface area (Å²) in [6, 6.07) is 5.32. The summed E-state index contributed by atoms with van der Waals surface area (Å²) >= 11 is 0. The maximum Gasteiger partial charge on any atom is 0.259 e. The summed E-state index contributed by atoms with van der Waals surface area (Å²) in [6.45, 7) is 9.61. The molecule has 0 radical (unpaired) electrons. The van der Waals surface area contributed by atoms with Crippen LogP contribution >= 0.6 is 0 Å². The number of fused-ring (bicyclic) bond motifs is 1. The van der Waals surface area contributed by atoms with Crippen LogP contribution in [-0.4, -0.2) is 16.0 Å². The lowest BCUT2D eigenvalue weighted by molar-refractivity contribution is 0.0936. The summed E-state index contributed by atoms with van der Waals surface area (Å²) in [4.78, 5) is 17.3. The van der Waals surface area contributed by atoms with Crippen molar-refractivity contribution in [2.75, 3.05) is 0 Å². The van der Waals surface area contributed by atoms with E-state index in [0.29, 0.717) is 22.4 Å². The number of furan rings is 1. The lowest BCUT2D eigenvalue weighted by Crippen LogP contribution is -2.27. The van der Waals surface area contributed by atoms with Gasteiger partial charge in [-0.3, -0.25) is 4.79 Å². The fourth-order valence-corrected chi connectivity index (χ4v) is 2.62. The van der Waals surface area contributed by atoms with Crippen molar-refractivity contribution >= 4 is 17.0 Å². The van der Waals surface area contributed by atoms with Crippen molar-refractivity contribution in [1.82, 2.24) is 15.5 Å². The van der Waals surface area contributed by atoms with E-state index in [1.54, 1.807) is 6.92 Å². The van der Waals surface area contributed by atoms with Gasteiger partial charge in [0.15, 0.2) is 0 Å². The Morgan fingerprint density at radius 2 is 1.96 bits per heavy atom. The summed E-state index contributed by atoms with van der Waals surface area (Å²) in [5.74, 6) is 1.51. The van der Waals surface area contributed by atoms with Crippen molar-refractivity contribution in [3.63, 3.8) is 0 Å². The molecule has 3 aromatic heterocycles. The number of nitrogens with one attached hydrogen (secondary N) is 1. The molecule has 3 rings (SSSR count). The maximum atomic E-state index is 12.8. The monoisotopic (exact) mass is 327 g/mol. The van der Waals surface area contributed by atoms with Gasteiger partial charge in [-0.25, -0.2) is 4.98 Å². The molecule has 0 bridgehead atoms. The number of hydrogen-bond acceptors (Lipinski definition) is 5. The number of nitrogens with zero attached hydrogens (tertiary/aromatic N) is 2. The molecule has 1 unspecified atom stereocenters. The molecule has 0 saturated heterocycles. The third-order valence-corrected chi connectivity index (χ3v) is 4.01. The SMILES string of the molecule is Cc1ccc(C(C)NC(=O)c2cc(C(C)C)nc3onc(C)c23)o1. The first-order chi connectivity index (χ1) is 11.4. The van der Waals surface area contributed by atoms with Crippen LogP contribution in [0, 0.1) is 13.8 Å². The fraction of sp³-hybridized carbons (Fsp3) is 0.389. The van der Waals surface area contributed by atoms with Crippen LogP contribution in [0.5, 0.6) is 0 Å². The lowest BCUT2D eigenvalue weighted by Gasteiger charge is -2.13. The number of rotatable bonds is 4. The Morgan fingerprint density at radius 3 is 2.58 bits per heavy atom. The second-order valence-electron chi connectivity index (χ2n) is 6.34. The van der Waals surface area contributed by atoms with E-state index in [0.717, 1.165) is 17.2 Å². The Hall–Kier alpha value is -2.63. The standard InChI is InChI=1S/C18H21N3O3/c1-9(2)14-8-13(16-12(5)21-24-18(16)20-14)17(22)19-11(4)15-7-6-10(3)23-15/h6-9,11H,1-5H3,(H,19,22). The smallest absolute Gasteiger partial charge is 0.259 e. The lowest BCUT2D eigenvalue weighted by atomic mass is 10.0. The van der Waals surface area contributed by atoms with Gasteiger partial charge in [0.1, 0.15) is 11.5 Å². The molecule has 1 N–H and O–H groups in total. The van der Waals surface area contributed by atoms with Crippen LogP contribution in [-0.2, 0) is 0 Å². The van der Waals surface area contributed by atoms with Crippen molar-refractivity contribution in [1.29, 1.82) is 0 Å². The van der Waals surface area contributed by atoms with Crippen molar-refractivity contribution in [3.05, 3.63) is 46.7 Å².